The van der Waals surface area contributed by atoms with Gasteiger partial charge in [-0.25, -0.2) is 4.98 Å². The van der Waals surface area contributed by atoms with Crippen molar-refractivity contribution in [3.05, 3.63) is 59.5 Å². The average molecular weight is 385 g/mol. The van der Waals surface area contributed by atoms with E-state index in [1.165, 1.54) is 16.2 Å². The number of rotatable bonds is 7. The maximum absolute atomic E-state index is 12.3. The molecule has 0 aliphatic carbocycles. The lowest BCUT2D eigenvalue weighted by molar-refractivity contribution is -0.115. The maximum Gasteiger partial charge on any atom is 0.230 e. The van der Waals surface area contributed by atoms with E-state index in [1.807, 2.05) is 41.8 Å². The van der Waals surface area contributed by atoms with Crippen LogP contribution in [-0.4, -0.2) is 23.8 Å². The fourth-order valence-electron chi connectivity index (χ4n) is 2.44. The first-order chi connectivity index (χ1) is 12.7. The molecule has 3 rings (SSSR count). The van der Waals surface area contributed by atoms with Crippen LogP contribution in [0.15, 0.2) is 58.8 Å². The largest absolute Gasteiger partial charge is 0.497 e. The van der Waals surface area contributed by atoms with Gasteiger partial charge in [0.2, 0.25) is 5.91 Å². The highest BCUT2D eigenvalue weighted by Gasteiger charge is 2.09. The smallest absolute Gasteiger partial charge is 0.230 e. The number of methoxy groups -OCH3 is 1. The van der Waals surface area contributed by atoms with Crippen molar-refractivity contribution in [1.29, 1.82) is 0 Å². The molecule has 1 heterocycles. The van der Waals surface area contributed by atoms with E-state index in [0.717, 1.165) is 28.3 Å². The maximum atomic E-state index is 12.3. The highest BCUT2D eigenvalue weighted by Crippen LogP contribution is 2.26. The second kappa shape index (κ2) is 8.87. The van der Waals surface area contributed by atoms with Crippen LogP contribution >= 0.6 is 23.1 Å². The Morgan fingerprint density at radius 2 is 1.88 bits per heavy atom. The van der Waals surface area contributed by atoms with Crippen molar-refractivity contribution in [3.63, 3.8) is 0 Å². The molecule has 3 aromatic rings. The molecule has 4 nitrogen and oxygen atoms in total. The number of nitrogens with one attached hydrogen (secondary N) is 1. The molecule has 1 N–H and O–H groups in total. The summed E-state index contributed by atoms with van der Waals surface area (Å²) in [6.45, 7) is 2.13. The minimum absolute atomic E-state index is 0.0588. The van der Waals surface area contributed by atoms with Gasteiger partial charge in [-0.2, -0.15) is 0 Å². The van der Waals surface area contributed by atoms with Crippen molar-refractivity contribution in [2.45, 2.75) is 18.2 Å². The zero-order valence-electron chi connectivity index (χ0n) is 14.7. The SMILES string of the molecule is CCSc1ccc(CC(=O)Nc2nc(-c3ccc(OC)cc3)cs2)cc1. The Labute approximate surface area is 161 Å². The first-order valence-electron chi connectivity index (χ1n) is 8.29. The van der Waals surface area contributed by atoms with E-state index < -0.39 is 0 Å². The minimum atomic E-state index is -0.0588. The first kappa shape index (κ1) is 18.5. The highest BCUT2D eigenvalue weighted by atomic mass is 32.2. The van der Waals surface area contributed by atoms with Gasteiger partial charge in [0, 0.05) is 15.8 Å². The Hall–Kier alpha value is -2.31. The van der Waals surface area contributed by atoms with Crippen LogP contribution in [0.1, 0.15) is 12.5 Å². The van der Waals surface area contributed by atoms with Crippen LogP contribution in [0.5, 0.6) is 5.75 Å². The molecule has 0 bridgehead atoms. The predicted octanol–water partition coefficient (Wildman–Crippen LogP) is 5.11. The molecule has 1 amide bonds. The number of nitrogens with zero attached hydrogens (tertiary/aromatic N) is 1. The van der Waals surface area contributed by atoms with E-state index in [1.54, 1.807) is 18.9 Å². The number of hydrogen-bond acceptors (Lipinski definition) is 5. The monoisotopic (exact) mass is 384 g/mol. The summed E-state index contributed by atoms with van der Waals surface area (Å²) in [6.07, 6.45) is 0.342. The molecule has 2 aromatic carbocycles. The first-order valence-corrected chi connectivity index (χ1v) is 10.2. The van der Waals surface area contributed by atoms with Gasteiger partial charge in [0.05, 0.1) is 19.2 Å². The van der Waals surface area contributed by atoms with Crippen molar-refractivity contribution in [1.82, 2.24) is 4.98 Å². The molecule has 26 heavy (non-hydrogen) atoms. The summed E-state index contributed by atoms with van der Waals surface area (Å²) >= 11 is 3.22. The lowest BCUT2D eigenvalue weighted by atomic mass is 10.1. The van der Waals surface area contributed by atoms with E-state index in [2.05, 4.69) is 29.4 Å². The number of thioether (sulfide) groups is 1. The molecule has 0 unspecified atom stereocenters. The zero-order chi connectivity index (χ0) is 18.4. The van der Waals surface area contributed by atoms with Gasteiger partial charge in [-0.05, 0) is 47.7 Å². The van der Waals surface area contributed by atoms with E-state index in [9.17, 15) is 4.79 Å². The Morgan fingerprint density at radius 3 is 2.54 bits per heavy atom. The van der Waals surface area contributed by atoms with Gasteiger partial charge in [-0.3, -0.25) is 4.79 Å². The van der Waals surface area contributed by atoms with Crippen LogP contribution in [0.2, 0.25) is 0 Å². The van der Waals surface area contributed by atoms with E-state index in [-0.39, 0.29) is 5.91 Å². The standard InChI is InChI=1S/C20H20N2O2S2/c1-3-25-17-10-4-14(5-11-17)12-19(23)22-20-21-18(13-26-20)15-6-8-16(24-2)9-7-15/h4-11,13H,3,12H2,1-2H3,(H,21,22,23). The molecule has 0 atom stereocenters. The third-order valence-electron chi connectivity index (χ3n) is 3.74. The molecule has 1 aromatic heterocycles. The number of carbonyl (C=O) groups is 1. The quantitative estimate of drug-likeness (QED) is 0.575. The minimum Gasteiger partial charge on any atom is -0.497 e. The predicted molar refractivity (Wildman–Crippen MR) is 109 cm³/mol. The van der Waals surface area contributed by atoms with Gasteiger partial charge >= 0.3 is 0 Å². The molecule has 0 saturated heterocycles. The lowest BCUT2D eigenvalue weighted by Gasteiger charge is -2.04. The molecular weight excluding hydrogens is 364 g/mol. The number of thiazole rings is 1. The molecule has 0 aliphatic rings. The number of carbonyl (C=O) groups excluding carboxylic acids is 1. The molecular formula is C20H20N2O2S2. The van der Waals surface area contributed by atoms with Gasteiger partial charge in [0.1, 0.15) is 5.75 Å². The van der Waals surface area contributed by atoms with Gasteiger partial charge in [0.25, 0.3) is 0 Å². The van der Waals surface area contributed by atoms with Crippen LogP contribution < -0.4 is 10.1 Å². The molecule has 6 heteroatoms. The van der Waals surface area contributed by atoms with Crippen LogP contribution in [0.25, 0.3) is 11.3 Å². The molecule has 134 valence electrons. The van der Waals surface area contributed by atoms with E-state index in [0.29, 0.717) is 11.6 Å². The number of amides is 1. The number of hydrogen-bond donors (Lipinski definition) is 1. The second-order valence-electron chi connectivity index (χ2n) is 5.57. The van der Waals surface area contributed by atoms with Crippen molar-refractivity contribution < 1.29 is 9.53 Å². The summed E-state index contributed by atoms with van der Waals surface area (Å²) in [5, 5.41) is 5.43. The van der Waals surface area contributed by atoms with E-state index in [4.69, 9.17) is 4.74 Å². The Bertz CT molecular complexity index is 858. The fourth-order valence-corrected chi connectivity index (χ4v) is 3.84. The normalized spacial score (nSPS) is 10.5. The highest BCUT2D eigenvalue weighted by molar-refractivity contribution is 7.99. The van der Waals surface area contributed by atoms with Gasteiger partial charge < -0.3 is 10.1 Å². The summed E-state index contributed by atoms with van der Waals surface area (Å²) in [6, 6.07) is 15.8. The zero-order valence-corrected chi connectivity index (χ0v) is 16.3. The summed E-state index contributed by atoms with van der Waals surface area (Å²) in [4.78, 5) is 18.0. The van der Waals surface area contributed by atoms with Crippen molar-refractivity contribution in [2.75, 3.05) is 18.2 Å². The lowest BCUT2D eigenvalue weighted by Crippen LogP contribution is -2.14. The van der Waals surface area contributed by atoms with Crippen LogP contribution in [0, 0.1) is 0 Å². The summed E-state index contributed by atoms with van der Waals surface area (Å²) in [5.41, 5.74) is 2.83. The summed E-state index contributed by atoms with van der Waals surface area (Å²) < 4.78 is 5.16. The van der Waals surface area contributed by atoms with Gasteiger partial charge in [0.15, 0.2) is 5.13 Å². The van der Waals surface area contributed by atoms with Crippen molar-refractivity contribution >= 4 is 34.1 Å². The van der Waals surface area contributed by atoms with Crippen molar-refractivity contribution in [3.8, 4) is 17.0 Å². The van der Waals surface area contributed by atoms with Crippen molar-refractivity contribution in [2.24, 2.45) is 0 Å². The molecule has 0 radical (unpaired) electrons. The molecule has 0 fully saturated rings. The molecule has 0 spiro atoms. The van der Waals surface area contributed by atoms with Gasteiger partial charge in [-0.15, -0.1) is 23.1 Å². The topological polar surface area (TPSA) is 51.2 Å². The third kappa shape index (κ3) is 4.86. The molecule has 0 saturated carbocycles. The number of ether oxygens (including phenoxy) is 1. The second-order valence-corrected chi connectivity index (χ2v) is 7.76. The Morgan fingerprint density at radius 1 is 1.15 bits per heavy atom. The fraction of sp³-hybridized carbons (Fsp3) is 0.200. The summed E-state index contributed by atoms with van der Waals surface area (Å²) in [5.74, 6) is 1.79. The number of anilines is 1. The number of aromatic nitrogens is 1. The Kier molecular flexibility index (Phi) is 6.30. The van der Waals surface area contributed by atoms with E-state index >= 15 is 0 Å². The number of benzene rings is 2. The van der Waals surface area contributed by atoms with Crippen LogP contribution in [0.3, 0.4) is 0 Å². The third-order valence-corrected chi connectivity index (χ3v) is 5.39. The Balaban J connectivity index is 1.60. The average Bonchev–Trinajstić information content (AvgIpc) is 3.12. The molecule has 0 aliphatic heterocycles. The van der Waals surface area contributed by atoms with Gasteiger partial charge in [-0.1, -0.05) is 19.1 Å². The summed E-state index contributed by atoms with van der Waals surface area (Å²) in [7, 11) is 1.64. The van der Waals surface area contributed by atoms with Crippen LogP contribution in [0.4, 0.5) is 5.13 Å². The van der Waals surface area contributed by atoms with Crippen LogP contribution in [-0.2, 0) is 11.2 Å².